The van der Waals surface area contributed by atoms with Crippen LogP contribution in [-0.2, 0) is 11.3 Å². The van der Waals surface area contributed by atoms with Crippen LogP contribution >= 0.6 is 0 Å². The largest absolute Gasteiger partial charge is 0.377 e. The fourth-order valence-electron chi connectivity index (χ4n) is 1.79. The number of rotatable bonds is 2. The van der Waals surface area contributed by atoms with Crippen LogP contribution < -0.4 is 10.6 Å². The topological polar surface area (TPSA) is 64.3 Å². The number of hydrogen-bond donors (Lipinski definition) is 1. The average molecular weight is 208 g/mol. The quantitative estimate of drug-likeness (QED) is 0.750. The summed E-state index contributed by atoms with van der Waals surface area (Å²) in [4.78, 5) is 2.21. The van der Waals surface area contributed by atoms with Crippen molar-refractivity contribution < 1.29 is 4.74 Å². The second kappa shape index (κ2) is 4.55. The number of hydrogen-bond acceptors (Lipinski definition) is 5. The average Bonchev–Trinajstić information content (AvgIpc) is 2.30. The lowest BCUT2D eigenvalue weighted by Crippen LogP contribution is -2.44. The molecule has 15 heavy (non-hydrogen) atoms. The predicted molar refractivity (Wildman–Crippen MR) is 57.6 cm³/mol. The van der Waals surface area contributed by atoms with Crippen LogP contribution in [0, 0.1) is 0 Å². The molecule has 1 unspecified atom stereocenters. The van der Waals surface area contributed by atoms with Crippen molar-refractivity contribution in [3.8, 4) is 0 Å². The molecule has 5 nitrogen and oxygen atoms in total. The van der Waals surface area contributed by atoms with Crippen molar-refractivity contribution in [1.82, 2.24) is 10.2 Å². The van der Waals surface area contributed by atoms with Crippen molar-refractivity contribution in [3.05, 3.63) is 17.8 Å². The Kier molecular flexibility index (Phi) is 3.13. The van der Waals surface area contributed by atoms with Crippen LogP contribution in [0.25, 0.3) is 0 Å². The number of nitrogens with zero attached hydrogens (tertiary/aromatic N) is 3. The third kappa shape index (κ3) is 2.08. The Morgan fingerprint density at radius 1 is 1.67 bits per heavy atom. The SMILES string of the molecule is CC1COCCN1c1nnccc1CN. The lowest BCUT2D eigenvalue weighted by molar-refractivity contribution is 0.0983. The highest BCUT2D eigenvalue weighted by Gasteiger charge is 2.22. The summed E-state index contributed by atoms with van der Waals surface area (Å²) >= 11 is 0. The van der Waals surface area contributed by atoms with Crippen LogP contribution in [0.1, 0.15) is 12.5 Å². The fourth-order valence-corrected chi connectivity index (χ4v) is 1.79. The van der Waals surface area contributed by atoms with E-state index in [1.807, 2.05) is 6.07 Å². The van der Waals surface area contributed by atoms with E-state index < -0.39 is 0 Å². The van der Waals surface area contributed by atoms with Gasteiger partial charge in [-0.1, -0.05) is 0 Å². The smallest absolute Gasteiger partial charge is 0.156 e. The Bertz CT molecular complexity index is 331. The summed E-state index contributed by atoms with van der Waals surface area (Å²) in [6.07, 6.45) is 1.68. The molecule has 2 rings (SSSR count). The first kappa shape index (κ1) is 10.3. The molecule has 0 saturated carbocycles. The van der Waals surface area contributed by atoms with Crippen molar-refractivity contribution in [3.63, 3.8) is 0 Å². The number of ether oxygens (including phenoxy) is 1. The van der Waals surface area contributed by atoms with E-state index in [4.69, 9.17) is 10.5 Å². The molecule has 5 heteroatoms. The molecule has 1 fully saturated rings. The molecule has 0 aliphatic carbocycles. The molecule has 82 valence electrons. The van der Waals surface area contributed by atoms with Gasteiger partial charge in [0.05, 0.1) is 25.5 Å². The monoisotopic (exact) mass is 208 g/mol. The summed E-state index contributed by atoms with van der Waals surface area (Å²) in [6, 6.07) is 2.26. The molecule has 0 spiro atoms. The third-order valence-corrected chi connectivity index (χ3v) is 2.64. The number of morpholine rings is 1. The van der Waals surface area contributed by atoms with Crippen LogP contribution in [0.2, 0.25) is 0 Å². The van der Waals surface area contributed by atoms with E-state index >= 15 is 0 Å². The van der Waals surface area contributed by atoms with Crippen LogP contribution in [0.15, 0.2) is 12.3 Å². The molecule has 1 atom stereocenters. The van der Waals surface area contributed by atoms with Crippen molar-refractivity contribution in [2.24, 2.45) is 5.73 Å². The van der Waals surface area contributed by atoms with Crippen LogP contribution in [-0.4, -0.2) is 36.0 Å². The number of nitrogens with two attached hydrogens (primary N) is 1. The van der Waals surface area contributed by atoms with E-state index in [1.54, 1.807) is 6.20 Å². The number of aromatic nitrogens is 2. The molecule has 2 heterocycles. The fraction of sp³-hybridized carbons (Fsp3) is 0.600. The molecule has 0 aromatic carbocycles. The Hall–Kier alpha value is -1.20. The van der Waals surface area contributed by atoms with Gasteiger partial charge in [0.2, 0.25) is 0 Å². The normalized spacial score (nSPS) is 21.7. The Morgan fingerprint density at radius 3 is 3.27 bits per heavy atom. The van der Waals surface area contributed by atoms with Gasteiger partial charge in [-0.15, -0.1) is 5.10 Å². The highest BCUT2D eigenvalue weighted by Crippen LogP contribution is 2.20. The van der Waals surface area contributed by atoms with Crippen molar-refractivity contribution >= 4 is 5.82 Å². The van der Waals surface area contributed by atoms with Crippen LogP contribution in [0.4, 0.5) is 5.82 Å². The molecular weight excluding hydrogens is 192 g/mol. The first-order valence-corrected chi connectivity index (χ1v) is 5.18. The first-order valence-electron chi connectivity index (χ1n) is 5.18. The summed E-state index contributed by atoms with van der Waals surface area (Å²) in [6.45, 7) is 4.95. The maximum atomic E-state index is 5.68. The summed E-state index contributed by atoms with van der Waals surface area (Å²) < 4.78 is 5.39. The third-order valence-electron chi connectivity index (χ3n) is 2.64. The van der Waals surface area contributed by atoms with E-state index in [0.717, 1.165) is 31.1 Å². The van der Waals surface area contributed by atoms with Gasteiger partial charge in [0.15, 0.2) is 5.82 Å². The van der Waals surface area contributed by atoms with Gasteiger partial charge in [-0.05, 0) is 13.0 Å². The molecule has 1 aliphatic heterocycles. The maximum absolute atomic E-state index is 5.68. The summed E-state index contributed by atoms with van der Waals surface area (Å²) in [7, 11) is 0. The van der Waals surface area contributed by atoms with Crippen LogP contribution in [0.3, 0.4) is 0 Å². The zero-order chi connectivity index (χ0) is 10.7. The zero-order valence-corrected chi connectivity index (χ0v) is 8.89. The Morgan fingerprint density at radius 2 is 2.53 bits per heavy atom. The van der Waals surface area contributed by atoms with Crippen molar-refractivity contribution in [1.29, 1.82) is 0 Å². The lowest BCUT2D eigenvalue weighted by atomic mass is 10.2. The Labute approximate surface area is 89.2 Å². The van der Waals surface area contributed by atoms with Gasteiger partial charge in [0, 0.05) is 18.7 Å². The van der Waals surface area contributed by atoms with E-state index in [0.29, 0.717) is 12.6 Å². The lowest BCUT2D eigenvalue weighted by Gasteiger charge is -2.34. The molecule has 1 aromatic heterocycles. The van der Waals surface area contributed by atoms with E-state index in [1.165, 1.54) is 0 Å². The molecular formula is C10H16N4O. The molecule has 1 aliphatic rings. The molecule has 0 bridgehead atoms. The van der Waals surface area contributed by atoms with Crippen LogP contribution in [0.5, 0.6) is 0 Å². The van der Waals surface area contributed by atoms with Gasteiger partial charge in [0.1, 0.15) is 0 Å². The predicted octanol–water partition coefficient (Wildman–Crippen LogP) is 0.160. The van der Waals surface area contributed by atoms with E-state index in [2.05, 4.69) is 22.0 Å². The molecule has 1 saturated heterocycles. The highest BCUT2D eigenvalue weighted by molar-refractivity contribution is 5.46. The summed E-state index contributed by atoms with van der Waals surface area (Å²) in [5.74, 6) is 0.899. The minimum absolute atomic E-state index is 0.334. The summed E-state index contributed by atoms with van der Waals surface area (Å²) in [5.41, 5.74) is 6.72. The molecule has 1 aromatic rings. The first-order chi connectivity index (χ1) is 7.33. The summed E-state index contributed by atoms with van der Waals surface area (Å²) in [5, 5.41) is 8.08. The van der Waals surface area contributed by atoms with E-state index in [9.17, 15) is 0 Å². The van der Waals surface area contributed by atoms with Gasteiger partial charge in [-0.2, -0.15) is 5.10 Å². The van der Waals surface area contributed by atoms with Gasteiger partial charge < -0.3 is 15.4 Å². The van der Waals surface area contributed by atoms with Gasteiger partial charge in [0.25, 0.3) is 0 Å². The van der Waals surface area contributed by atoms with Gasteiger partial charge >= 0.3 is 0 Å². The molecule has 0 radical (unpaired) electrons. The minimum Gasteiger partial charge on any atom is -0.377 e. The van der Waals surface area contributed by atoms with Gasteiger partial charge in [-0.25, -0.2) is 0 Å². The highest BCUT2D eigenvalue weighted by atomic mass is 16.5. The van der Waals surface area contributed by atoms with Gasteiger partial charge in [-0.3, -0.25) is 0 Å². The molecule has 2 N–H and O–H groups in total. The van der Waals surface area contributed by atoms with E-state index in [-0.39, 0.29) is 0 Å². The standard InChI is InChI=1S/C10H16N4O/c1-8-7-15-5-4-14(8)10-9(6-11)2-3-12-13-10/h2-3,8H,4-7,11H2,1H3. The maximum Gasteiger partial charge on any atom is 0.156 e. The Balaban J connectivity index is 2.26. The van der Waals surface area contributed by atoms with Crippen molar-refractivity contribution in [2.45, 2.75) is 19.5 Å². The second-order valence-corrected chi connectivity index (χ2v) is 3.70. The number of anilines is 1. The minimum atomic E-state index is 0.334. The molecule has 0 amide bonds. The zero-order valence-electron chi connectivity index (χ0n) is 8.89. The van der Waals surface area contributed by atoms with Crippen molar-refractivity contribution in [2.75, 3.05) is 24.7 Å². The second-order valence-electron chi connectivity index (χ2n) is 3.70.